The van der Waals surface area contributed by atoms with Crippen molar-refractivity contribution in [3.63, 3.8) is 0 Å². The predicted octanol–water partition coefficient (Wildman–Crippen LogP) is 17.1. The number of nitrogens with zero attached hydrogens (tertiary/aromatic N) is 3. The van der Waals surface area contributed by atoms with Gasteiger partial charge in [0.05, 0.1) is 11.1 Å². The zero-order chi connectivity index (χ0) is 52.1. The van der Waals surface area contributed by atoms with Crippen LogP contribution in [0.1, 0.15) is 115 Å². The van der Waals surface area contributed by atoms with E-state index in [-0.39, 0.29) is 34.0 Å². The maximum absolute atomic E-state index is 2.97. The Balaban J connectivity index is 1.08. The number of anilines is 7. The minimum Gasteiger partial charge on any atom is -0.335 e. The molecule has 4 heteroatoms. The van der Waals surface area contributed by atoms with Crippen molar-refractivity contribution in [2.45, 2.75) is 120 Å². The Morgan fingerprint density at radius 1 is 0.403 bits per heavy atom. The summed E-state index contributed by atoms with van der Waals surface area (Å²) in [5.74, 6) is 0. The Kier molecular flexibility index (Phi) is 10.1. The van der Waals surface area contributed by atoms with E-state index in [4.69, 9.17) is 0 Å². The largest absolute Gasteiger partial charge is 0.335 e. The fourth-order valence-corrected chi connectivity index (χ4v) is 16.4. The lowest BCUT2D eigenvalue weighted by atomic mass is 9.33. The van der Waals surface area contributed by atoms with Crippen LogP contribution in [-0.2, 0) is 16.2 Å². The first kappa shape index (κ1) is 46.7. The number of hydrogen-bond donors (Lipinski definition) is 0. The van der Waals surface area contributed by atoms with Crippen LogP contribution in [0.4, 0.5) is 39.8 Å². The standard InChI is InChI=1S/C73H68BN3/c1-69(2,3)56-45-60-68-62(46-56)74-61-36-34-54(51-28-15-9-16-29-51)44-64(61)75(57-33-23-30-52(42-57)49-24-11-7-12-25-49)65-47-58(48-66(67(65)74)77(68)72(6)40-21-22-41-73(60,72)55-31-17-10-18-32-55)76-63-37-35-53(50-26-13-8-14-27-50)43-59(63)70(4)38-19-20-39-71(70,76)5/h7-18,23-37,42-48H,19-22,38-41H2,1-6H3. The van der Waals surface area contributed by atoms with Gasteiger partial charge in [-0.25, -0.2) is 0 Å². The Hall–Kier alpha value is -7.56. The number of hydrogen-bond acceptors (Lipinski definition) is 3. The van der Waals surface area contributed by atoms with Gasteiger partial charge in [0.25, 0.3) is 6.71 Å². The second-order valence-corrected chi connectivity index (χ2v) is 25.3. The molecule has 3 nitrogen and oxygen atoms in total. The Bertz CT molecular complexity index is 3830. The summed E-state index contributed by atoms with van der Waals surface area (Å²) in [6.45, 7) is 15.2. The van der Waals surface area contributed by atoms with E-state index in [9.17, 15) is 0 Å². The van der Waals surface area contributed by atoms with Crippen LogP contribution in [0.2, 0.25) is 0 Å². The molecule has 0 saturated heterocycles. The zero-order valence-corrected chi connectivity index (χ0v) is 45.7. The van der Waals surface area contributed by atoms with Gasteiger partial charge in [-0.1, -0.05) is 217 Å². The Morgan fingerprint density at radius 2 is 0.974 bits per heavy atom. The molecule has 0 amide bonds. The average Bonchev–Trinajstić information content (AvgIpc) is 3.19. The molecule has 2 aliphatic carbocycles. The van der Waals surface area contributed by atoms with E-state index in [0.717, 1.165) is 25.7 Å². The van der Waals surface area contributed by atoms with E-state index in [1.165, 1.54) is 138 Å². The normalized spacial score (nSPS) is 23.4. The molecule has 4 heterocycles. The van der Waals surface area contributed by atoms with Crippen molar-refractivity contribution in [3.05, 3.63) is 229 Å². The first-order valence-corrected chi connectivity index (χ1v) is 28.8. The van der Waals surface area contributed by atoms with Crippen LogP contribution >= 0.6 is 0 Å². The van der Waals surface area contributed by atoms with Gasteiger partial charge in [0.15, 0.2) is 0 Å². The first-order valence-electron chi connectivity index (χ1n) is 28.8. The quantitative estimate of drug-likeness (QED) is 0.154. The molecule has 0 aromatic heterocycles. The molecule has 0 radical (unpaired) electrons. The van der Waals surface area contributed by atoms with E-state index < -0.39 is 0 Å². The summed E-state index contributed by atoms with van der Waals surface area (Å²) in [5.41, 5.74) is 26.0. The minimum absolute atomic E-state index is 0.00105. The van der Waals surface area contributed by atoms with Crippen molar-refractivity contribution in [3.8, 4) is 33.4 Å². The van der Waals surface area contributed by atoms with Gasteiger partial charge in [0, 0.05) is 50.6 Å². The monoisotopic (exact) mass is 998 g/mol. The molecular formula is C73H68BN3. The van der Waals surface area contributed by atoms with Crippen LogP contribution in [0.3, 0.4) is 0 Å². The van der Waals surface area contributed by atoms with E-state index >= 15 is 0 Å². The SMILES string of the molecule is CC(C)(C)c1cc2c3c(c1)C1(c4ccccc4)CCCCC1(C)N3c1cc(N3c4ccc(-c5ccccc5)cc4C4(C)CCCCC34C)cc3c1B2c1ccc(-c2ccccc2)cc1N3c1cccc(-c2ccccc2)c1. The molecule has 2 fully saturated rings. The van der Waals surface area contributed by atoms with Crippen LogP contribution in [0, 0.1) is 0 Å². The summed E-state index contributed by atoms with van der Waals surface area (Å²) in [6, 6.07) is 79.8. The number of benzene rings is 9. The maximum Gasteiger partial charge on any atom is 0.252 e. The summed E-state index contributed by atoms with van der Waals surface area (Å²) in [5, 5.41) is 0. The number of rotatable bonds is 6. The van der Waals surface area contributed by atoms with Crippen LogP contribution < -0.4 is 31.1 Å². The Labute approximate surface area is 457 Å². The summed E-state index contributed by atoms with van der Waals surface area (Å²) in [7, 11) is 0. The van der Waals surface area contributed by atoms with Crippen molar-refractivity contribution in [2.75, 3.05) is 14.7 Å². The zero-order valence-electron chi connectivity index (χ0n) is 45.7. The number of fused-ring (bicyclic) bond motifs is 10. The van der Waals surface area contributed by atoms with Crippen LogP contribution in [-0.4, -0.2) is 17.8 Å². The molecule has 9 aromatic carbocycles. The highest BCUT2D eigenvalue weighted by atomic mass is 15.3. The molecule has 77 heavy (non-hydrogen) atoms. The second-order valence-electron chi connectivity index (χ2n) is 25.3. The smallest absolute Gasteiger partial charge is 0.252 e. The summed E-state index contributed by atoms with van der Waals surface area (Å²) < 4.78 is 0. The topological polar surface area (TPSA) is 9.72 Å². The molecule has 0 spiro atoms. The molecule has 4 atom stereocenters. The molecule has 4 unspecified atom stereocenters. The average molecular weight is 998 g/mol. The predicted molar refractivity (Wildman–Crippen MR) is 326 cm³/mol. The van der Waals surface area contributed by atoms with Gasteiger partial charge < -0.3 is 14.7 Å². The molecule has 6 aliphatic rings. The fraction of sp³-hybridized carbons (Fsp3) is 0.260. The third kappa shape index (κ3) is 6.45. The highest BCUT2D eigenvalue weighted by Crippen LogP contribution is 2.67. The second kappa shape index (κ2) is 16.7. The van der Waals surface area contributed by atoms with Gasteiger partial charge in [-0.3, -0.25) is 0 Å². The van der Waals surface area contributed by atoms with E-state index in [2.05, 4.69) is 262 Å². The molecule has 378 valence electrons. The van der Waals surface area contributed by atoms with Crippen LogP contribution in [0.25, 0.3) is 33.4 Å². The molecule has 0 N–H and O–H groups in total. The van der Waals surface area contributed by atoms with Crippen LogP contribution in [0.5, 0.6) is 0 Å². The highest BCUT2D eigenvalue weighted by molar-refractivity contribution is 7.00. The van der Waals surface area contributed by atoms with E-state index in [1.807, 2.05) is 0 Å². The summed E-state index contributed by atoms with van der Waals surface area (Å²) >= 11 is 0. The summed E-state index contributed by atoms with van der Waals surface area (Å²) in [4.78, 5) is 8.52. The van der Waals surface area contributed by atoms with Gasteiger partial charge in [-0.2, -0.15) is 0 Å². The van der Waals surface area contributed by atoms with Gasteiger partial charge in [-0.05, 0) is 159 Å². The van der Waals surface area contributed by atoms with Gasteiger partial charge >= 0.3 is 0 Å². The van der Waals surface area contributed by atoms with E-state index in [1.54, 1.807) is 0 Å². The molecule has 2 saturated carbocycles. The first-order chi connectivity index (χ1) is 37.4. The van der Waals surface area contributed by atoms with Crippen molar-refractivity contribution >= 4 is 62.9 Å². The van der Waals surface area contributed by atoms with Crippen molar-refractivity contribution in [2.24, 2.45) is 0 Å². The maximum atomic E-state index is 2.97. The fourth-order valence-electron chi connectivity index (χ4n) is 16.4. The molecule has 4 aliphatic heterocycles. The third-order valence-electron chi connectivity index (χ3n) is 20.4. The molecule has 0 bridgehead atoms. The van der Waals surface area contributed by atoms with Gasteiger partial charge in [-0.15, -0.1) is 0 Å². The lowest BCUT2D eigenvalue weighted by molar-refractivity contribution is 0.195. The third-order valence-corrected chi connectivity index (χ3v) is 20.4. The minimum atomic E-state index is -0.246. The van der Waals surface area contributed by atoms with Gasteiger partial charge in [0.2, 0.25) is 0 Å². The van der Waals surface area contributed by atoms with Gasteiger partial charge in [0.1, 0.15) is 0 Å². The summed E-state index contributed by atoms with van der Waals surface area (Å²) in [6.07, 6.45) is 9.37. The Morgan fingerprint density at radius 3 is 1.65 bits per heavy atom. The lowest BCUT2D eigenvalue weighted by Gasteiger charge is -2.54. The van der Waals surface area contributed by atoms with Crippen LogP contribution in [0.15, 0.2) is 206 Å². The van der Waals surface area contributed by atoms with Crippen molar-refractivity contribution < 1.29 is 0 Å². The molecular weight excluding hydrogens is 930 g/mol. The van der Waals surface area contributed by atoms with E-state index in [0.29, 0.717) is 0 Å². The lowest BCUT2D eigenvalue weighted by Crippen LogP contribution is -2.65. The van der Waals surface area contributed by atoms with Crippen molar-refractivity contribution in [1.82, 2.24) is 0 Å². The van der Waals surface area contributed by atoms with Crippen molar-refractivity contribution in [1.29, 1.82) is 0 Å². The molecule has 15 rings (SSSR count). The molecule has 9 aromatic rings. The highest BCUT2D eigenvalue weighted by Gasteiger charge is 2.65.